The third-order valence-corrected chi connectivity index (χ3v) is 4.64. The minimum absolute atomic E-state index is 0.0662. The predicted octanol–water partition coefficient (Wildman–Crippen LogP) is 2.37. The summed E-state index contributed by atoms with van der Waals surface area (Å²) in [6.45, 7) is 0. The van der Waals surface area contributed by atoms with Crippen LogP contribution in [0.4, 0.5) is 20.4 Å². The summed E-state index contributed by atoms with van der Waals surface area (Å²) in [5, 5.41) is 3.11. The van der Waals surface area contributed by atoms with Gasteiger partial charge in [0.1, 0.15) is 0 Å². The first-order valence-corrected chi connectivity index (χ1v) is 7.14. The molecule has 1 aromatic rings. The monoisotopic (exact) mass is 282 g/mol. The van der Waals surface area contributed by atoms with Gasteiger partial charge in [-0.25, -0.2) is 13.8 Å². The van der Waals surface area contributed by atoms with Crippen LogP contribution in [0.25, 0.3) is 0 Å². The molecule has 6 heteroatoms. The zero-order chi connectivity index (χ0) is 14.3. The van der Waals surface area contributed by atoms with E-state index in [0.717, 1.165) is 18.9 Å². The molecule has 2 atom stereocenters. The summed E-state index contributed by atoms with van der Waals surface area (Å²) >= 11 is 0. The summed E-state index contributed by atoms with van der Waals surface area (Å²) in [4.78, 5) is 6.22. The molecular formula is C14H20F2N4. The van der Waals surface area contributed by atoms with Crippen molar-refractivity contribution in [1.82, 2.24) is 9.88 Å². The van der Waals surface area contributed by atoms with Crippen molar-refractivity contribution in [3.8, 4) is 0 Å². The Bertz CT molecular complexity index is 494. The Labute approximate surface area is 117 Å². The summed E-state index contributed by atoms with van der Waals surface area (Å²) < 4.78 is 26.8. The van der Waals surface area contributed by atoms with Crippen LogP contribution in [0.1, 0.15) is 32.1 Å². The van der Waals surface area contributed by atoms with Gasteiger partial charge in [0.15, 0.2) is 23.3 Å². The lowest BCUT2D eigenvalue weighted by molar-refractivity contribution is 0.0607. The third-order valence-electron chi connectivity index (χ3n) is 4.64. The van der Waals surface area contributed by atoms with Crippen molar-refractivity contribution in [2.45, 2.75) is 50.2 Å². The first-order chi connectivity index (χ1) is 9.54. The molecule has 3 N–H and O–H groups in total. The first-order valence-electron chi connectivity index (χ1n) is 7.14. The molecule has 2 saturated heterocycles. The van der Waals surface area contributed by atoms with Crippen molar-refractivity contribution in [2.24, 2.45) is 0 Å². The van der Waals surface area contributed by atoms with Gasteiger partial charge in [0.25, 0.3) is 0 Å². The fraction of sp³-hybridized carbons (Fsp3) is 0.643. The number of fused-ring (bicyclic) bond motifs is 2. The Morgan fingerprint density at radius 1 is 1.25 bits per heavy atom. The molecule has 2 aliphatic heterocycles. The van der Waals surface area contributed by atoms with Crippen LogP contribution in [-0.2, 0) is 0 Å². The second kappa shape index (κ2) is 5.16. The van der Waals surface area contributed by atoms with Crippen molar-refractivity contribution in [1.29, 1.82) is 0 Å². The number of nitrogen functional groups attached to an aromatic ring is 1. The number of aromatic nitrogens is 1. The maximum absolute atomic E-state index is 13.7. The van der Waals surface area contributed by atoms with Crippen molar-refractivity contribution in [3.05, 3.63) is 17.7 Å². The minimum atomic E-state index is -0.812. The Hall–Kier alpha value is -1.43. The van der Waals surface area contributed by atoms with Gasteiger partial charge in [-0.1, -0.05) is 6.42 Å². The molecule has 0 spiro atoms. The van der Waals surface area contributed by atoms with Crippen LogP contribution >= 0.6 is 0 Å². The maximum atomic E-state index is 13.7. The number of rotatable bonds is 2. The highest BCUT2D eigenvalue weighted by atomic mass is 19.1. The zero-order valence-electron chi connectivity index (χ0n) is 11.6. The summed E-state index contributed by atoms with van der Waals surface area (Å²) in [5.74, 6) is -1.69. The van der Waals surface area contributed by atoms with Gasteiger partial charge in [-0.15, -0.1) is 0 Å². The van der Waals surface area contributed by atoms with E-state index in [2.05, 4.69) is 22.2 Å². The van der Waals surface area contributed by atoms with Crippen molar-refractivity contribution >= 4 is 11.6 Å². The number of hydrogen-bond acceptors (Lipinski definition) is 4. The van der Waals surface area contributed by atoms with Crippen molar-refractivity contribution < 1.29 is 8.78 Å². The topological polar surface area (TPSA) is 54.2 Å². The lowest BCUT2D eigenvalue weighted by Gasteiger charge is -2.47. The van der Waals surface area contributed by atoms with Gasteiger partial charge in [0.05, 0.1) is 0 Å². The highest BCUT2D eigenvalue weighted by molar-refractivity contribution is 5.45. The molecule has 0 aromatic carbocycles. The average molecular weight is 282 g/mol. The molecule has 0 aliphatic carbocycles. The third kappa shape index (κ3) is 2.44. The van der Waals surface area contributed by atoms with E-state index in [1.165, 1.54) is 19.3 Å². The van der Waals surface area contributed by atoms with E-state index in [1.807, 2.05) is 0 Å². The second-order valence-electron chi connectivity index (χ2n) is 5.90. The SMILES string of the molecule is CN1C2CCCC1CC(Nc1nc(N)c(F)cc1F)C2. The molecule has 3 heterocycles. The number of anilines is 2. The Morgan fingerprint density at radius 3 is 2.55 bits per heavy atom. The summed E-state index contributed by atoms with van der Waals surface area (Å²) in [5.41, 5.74) is 5.41. The van der Waals surface area contributed by atoms with Crippen LogP contribution in [0.15, 0.2) is 6.07 Å². The van der Waals surface area contributed by atoms with E-state index < -0.39 is 11.6 Å². The molecule has 1 aromatic heterocycles. The second-order valence-corrected chi connectivity index (χ2v) is 5.90. The van der Waals surface area contributed by atoms with Gasteiger partial charge >= 0.3 is 0 Å². The molecule has 4 nitrogen and oxygen atoms in total. The van der Waals surface area contributed by atoms with Crippen LogP contribution in [0.3, 0.4) is 0 Å². The van der Waals surface area contributed by atoms with Crippen molar-refractivity contribution in [2.75, 3.05) is 18.1 Å². The number of halogens is 2. The Kier molecular flexibility index (Phi) is 3.50. The van der Waals surface area contributed by atoms with E-state index in [0.29, 0.717) is 12.1 Å². The maximum Gasteiger partial charge on any atom is 0.168 e. The highest BCUT2D eigenvalue weighted by Gasteiger charge is 2.36. The fourth-order valence-corrected chi connectivity index (χ4v) is 3.51. The fourth-order valence-electron chi connectivity index (χ4n) is 3.51. The Morgan fingerprint density at radius 2 is 1.90 bits per heavy atom. The van der Waals surface area contributed by atoms with Crippen LogP contribution in [-0.4, -0.2) is 35.1 Å². The smallest absolute Gasteiger partial charge is 0.168 e. The lowest BCUT2D eigenvalue weighted by Crippen LogP contribution is -2.52. The van der Waals surface area contributed by atoms with Gasteiger partial charge in [0, 0.05) is 24.2 Å². The summed E-state index contributed by atoms with van der Waals surface area (Å²) in [7, 11) is 2.17. The molecule has 0 radical (unpaired) electrons. The number of nitrogens with zero attached hydrogens (tertiary/aromatic N) is 2. The van der Waals surface area contributed by atoms with Gasteiger partial charge < -0.3 is 16.0 Å². The summed E-state index contributed by atoms with van der Waals surface area (Å²) in [6.07, 6.45) is 5.57. The standard InChI is InChI=1S/C14H20F2N4/c1-20-9-3-2-4-10(20)6-8(5-9)18-14-12(16)7-11(15)13(17)19-14/h7-10H,2-6H2,1H3,(H3,17,18,19). The molecule has 110 valence electrons. The predicted molar refractivity (Wildman–Crippen MR) is 74.4 cm³/mol. The minimum Gasteiger partial charge on any atom is -0.381 e. The molecule has 0 saturated carbocycles. The van der Waals surface area contributed by atoms with E-state index in [1.54, 1.807) is 0 Å². The molecule has 2 fully saturated rings. The quantitative estimate of drug-likeness (QED) is 0.874. The zero-order valence-corrected chi connectivity index (χ0v) is 11.6. The number of pyridine rings is 1. The summed E-state index contributed by atoms with van der Waals surface area (Å²) in [6, 6.07) is 2.05. The van der Waals surface area contributed by atoms with E-state index in [9.17, 15) is 8.78 Å². The first kappa shape index (κ1) is 13.5. The largest absolute Gasteiger partial charge is 0.381 e. The van der Waals surface area contributed by atoms with Crippen LogP contribution in [0, 0.1) is 11.6 Å². The van der Waals surface area contributed by atoms with Crippen LogP contribution < -0.4 is 11.1 Å². The molecular weight excluding hydrogens is 262 g/mol. The van der Waals surface area contributed by atoms with Gasteiger partial charge in [0.2, 0.25) is 0 Å². The van der Waals surface area contributed by atoms with Crippen LogP contribution in [0.2, 0.25) is 0 Å². The van der Waals surface area contributed by atoms with Crippen LogP contribution in [0.5, 0.6) is 0 Å². The lowest BCUT2D eigenvalue weighted by atomic mass is 9.82. The Balaban J connectivity index is 1.74. The molecule has 20 heavy (non-hydrogen) atoms. The van der Waals surface area contributed by atoms with E-state index >= 15 is 0 Å². The number of nitrogens with one attached hydrogen (secondary N) is 1. The molecule has 0 amide bonds. The average Bonchev–Trinajstić information content (AvgIpc) is 2.37. The molecule has 2 bridgehead atoms. The van der Waals surface area contributed by atoms with E-state index in [4.69, 9.17) is 5.73 Å². The van der Waals surface area contributed by atoms with Gasteiger partial charge in [-0.05, 0) is 32.7 Å². The normalized spacial score (nSPS) is 30.2. The van der Waals surface area contributed by atoms with Crippen molar-refractivity contribution in [3.63, 3.8) is 0 Å². The number of nitrogens with two attached hydrogens (primary N) is 1. The number of piperidine rings is 2. The van der Waals surface area contributed by atoms with Gasteiger partial charge in [-0.3, -0.25) is 0 Å². The molecule has 2 aliphatic rings. The van der Waals surface area contributed by atoms with Gasteiger partial charge in [-0.2, -0.15) is 0 Å². The molecule has 2 unspecified atom stereocenters. The highest BCUT2D eigenvalue weighted by Crippen LogP contribution is 2.34. The molecule has 3 rings (SSSR count). The van der Waals surface area contributed by atoms with E-state index in [-0.39, 0.29) is 17.7 Å². The number of hydrogen-bond donors (Lipinski definition) is 2.